The molecule has 0 aliphatic rings. The Morgan fingerprint density at radius 3 is 2.31 bits per heavy atom. The minimum absolute atomic E-state index is 1.24. The van der Waals surface area contributed by atoms with Gasteiger partial charge in [0, 0.05) is 19.8 Å². The van der Waals surface area contributed by atoms with Crippen molar-refractivity contribution in [3.05, 3.63) is 54.1 Å². The van der Waals surface area contributed by atoms with Gasteiger partial charge in [0.25, 0.3) is 0 Å². The highest BCUT2D eigenvalue weighted by molar-refractivity contribution is 5.70. The molecule has 0 aliphatic carbocycles. The van der Waals surface area contributed by atoms with E-state index in [1.807, 2.05) is 0 Å². The third-order valence-electron chi connectivity index (χ3n) is 2.82. The molecule has 1 heteroatoms. The Bertz CT molecular complexity index is 486. The first-order valence-corrected chi connectivity index (χ1v) is 5.52. The minimum atomic E-state index is 1.24. The molecule has 2 rings (SSSR count). The van der Waals surface area contributed by atoms with Crippen LogP contribution in [-0.4, -0.2) is 14.1 Å². The Labute approximate surface area is 97.3 Å². The van der Waals surface area contributed by atoms with E-state index in [1.54, 1.807) is 0 Å². The van der Waals surface area contributed by atoms with Crippen LogP contribution in [0.5, 0.6) is 0 Å². The molecule has 0 saturated heterocycles. The number of aryl methyl sites for hydroxylation is 1. The van der Waals surface area contributed by atoms with E-state index in [9.17, 15) is 0 Å². The van der Waals surface area contributed by atoms with Crippen molar-refractivity contribution < 1.29 is 0 Å². The summed E-state index contributed by atoms with van der Waals surface area (Å²) in [5.74, 6) is 0. The Morgan fingerprint density at radius 2 is 1.62 bits per heavy atom. The second-order valence-electron chi connectivity index (χ2n) is 4.26. The molecule has 2 aromatic rings. The van der Waals surface area contributed by atoms with Crippen LogP contribution in [-0.2, 0) is 0 Å². The molecule has 0 atom stereocenters. The van der Waals surface area contributed by atoms with E-state index < -0.39 is 0 Å². The second kappa shape index (κ2) is 4.40. The van der Waals surface area contributed by atoms with Crippen molar-refractivity contribution in [3.63, 3.8) is 0 Å². The van der Waals surface area contributed by atoms with E-state index in [2.05, 4.69) is 74.4 Å². The van der Waals surface area contributed by atoms with E-state index in [4.69, 9.17) is 0 Å². The Balaban J connectivity index is 2.49. The van der Waals surface area contributed by atoms with Gasteiger partial charge in [-0.25, -0.2) is 0 Å². The minimum Gasteiger partial charge on any atom is -0.378 e. The number of rotatable bonds is 2. The first-order valence-electron chi connectivity index (χ1n) is 5.52. The van der Waals surface area contributed by atoms with Crippen LogP contribution in [0.4, 0.5) is 5.69 Å². The van der Waals surface area contributed by atoms with Gasteiger partial charge in [-0.15, -0.1) is 0 Å². The molecule has 0 aromatic heterocycles. The molecule has 0 bridgehead atoms. The van der Waals surface area contributed by atoms with Crippen LogP contribution in [0.1, 0.15) is 5.56 Å². The van der Waals surface area contributed by atoms with Gasteiger partial charge in [-0.1, -0.05) is 36.4 Å². The van der Waals surface area contributed by atoms with E-state index in [-0.39, 0.29) is 0 Å². The highest BCUT2D eigenvalue weighted by atomic mass is 15.1. The summed E-state index contributed by atoms with van der Waals surface area (Å²) in [6.45, 7) is 2.15. The average Bonchev–Trinajstić information content (AvgIpc) is 2.30. The molecule has 0 heterocycles. The van der Waals surface area contributed by atoms with E-state index in [1.165, 1.54) is 22.4 Å². The summed E-state index contributed by atoms with van der Waals surface area (Å²) in [5, 5.41) is 0. The molecule has 1 nitrogen and oxygen atoms in total. The number of hydrogen-bond acceptors (Lipinski definition) is 1. The largest absolute Gasteiger partial charge is 0.378 e. The van der Waals surface area contributed by atoms with E-state index >= 15 is 0 Å². The Hall–Kier alpha value is -1.76. The molecule has 2 aromatic carbocycles. The van der Waals surface area contributed by atoms with Gasteiger partial charge < -0.3 is 4.90 Å². The SMILES string of the molecule is Cc1ccccc1-c1cccc(N(C)C)c1. The molecule has 16 heavy (non-hydrogen) atoms. The normalized spacial score (nSPS) is 10.2. The Kier molecular flexibility index (Phi) is 2.95. The molecule has 0 spiro atoms. The molecule has 0 amide bonds. The van der Waals surface area contributed by atoms with Crippen molar-refractivity contribution >= 4 is 5.69 Å². The van der Waals surface area contributed by atoms with Gasteiger partial charge in [-0.3, -0.25) is 0 Å². The van der Waals surface area contributed by atoms with Crippen molar-refractivity contribution in [3.8, 4) is 11.1 Å². The van der Waals surface area contributed by atoms with Gasteiger partial charge in [0.1, 0.15) is 0 Å². The lowest BCUT2D eigenvalue weighted by Gasteiger charge is -2.14. The van der Waals surface area contributed by atoms with Gasteiger partial charge in [0.15, 0.2) is 0 Å². The van der Waals surface area contributed by atoms with Crippen LogP contribution in [0.2, 0.25) is 0 Å². The maximum absolute atomic E-state index is 2.22. The lowest BCUT2D eigenvalue weighted by molar-refractivity contribution is 1.13. The number of anilines is 1. The molecule has 0 radical (unpaired) electrons. The standard InChI is InChI=1S/C15H17N/c1-12-7-4-5-10-15(12)13-8-6-9-14(11-13)16(2)3/h4-11H,1-3H3. The molecule has 82 valence electrons. The van der Waals surface area contributed by atoms with Gasteiger partial charge in [0.05, 0.1) is 0 Å². The number of hydrogen-bond donors (Lipinski definition) is 0. The molecular formula is C15H17N. The number of benzene rings is 2. The van der Waals surface area contributed by atoms with Crippen LogP contribution < -0.4 is 4.90 Å². The van der Waals surface area contributed by atoms with Crippen molar-refractivity contribution in [2.24, 2.45) is 0 Å². The van der Waals surface area contributed by atoms with Crippen molar-refractivity contribution in [1.82, 2.24) is 0 Å². The molecule has 0 fully saturated rings. The third kappa shape index (κ3) is 2.08. The summed E-state index contributed by atoms with van der Waals surface area (Å²) < 4.78 is 0. The van der Waals surface area contributed by atoms with Crippen LogP contribution in [0.3, 0.4) is 0 Å². The van der Waals surface area contributed by atoms with E-state index in [0.29, 0.717) is 0 Å². The first-order chi connectivity index (χ1) is 7.68. The summed E-state index contributed by atoms with van der Waals surface area (Å²) in [7, 11) is 4.13. The molecule has 0 unspecified atom stereocenters. The highest BCUT2D eigenvalue weighted by Gasteiger charge is 2.02. The smallest absolute Gasteiger partial charge is 0.0367 e. The van der Waals surface area contributed by atoms with Gasteiger partial charge in [-0.2, -0.15) is 0 Å². The van der Waals surface area contributed by atoms with Crippen LogP contribution in [0, 0.1) is 6.92 Å². The molecule has 0 N–H and O–H groups in total. The van der Waals surface area contributed by atoms with Crippen LogP contribution in [0.15, 0.2) is 48.5 Å². The number of nitrogens with zero attached hydrogens (tertiary/aromatic N) is 1. The summed E-state index contributed by atoms with van der Waals surface area (Å²) in [4.78, 5) is 2.13. The summed E-state index contributed by atoms with van der Waals surface area (Å²) in [5.41, 5.74) is 5.15. The monoisotopic (exact) mass is 211 g/mol. The molecular weight excluding hydrogens is 194 g/mol. The summed E-state index contributed by atoms with van der Waals surface area (Å²) >= 11 is 0. The third-order valence-corrected chi connectivity index (χ3v) is 2.82. The fraction of sp³-hybridized carbons (Fsp3) is 0.200. The maximum Gasteiger partial charge on any atom is 0.0367 e. The zero-order valence-corrected chi connectivity index (χ0v) is 10.1. The topological polar surface area (TPSA) is 3.24 Å². The zero-order valence-electron chi connectivity index (χ0n) is 10.1. The first kappa shape index (κ1) is 10.7. The van der Waals surface area contributed by atoms with Crippen molar-refractivity contribution in [2.45, 2.75) is 6.92 Å². The fourth-order valence-corrected chi connectivity index (χ4v) is 1.85. The van der Waals surface area contributed by atoms with Crippen molar-refractivity contribution in [1.29, 1.82) is 0 Å². The predicted molar refractivity (Wildman–Crippen MR) is 70.9 cm³/mol. The average molecular weight is 211 g/mol. The highest BCUT2D eigenvalue weighted by Crippen LogP contribution is 2.26. The predicted octanol–water partition coefficient (Wildman–Crippen LogP) is 3.73. The molecule has 0 saturated carbocycles. The zero-order chi connectivity index (χ0) is 11.5. The lowest BCUT2D eigenvalue weighted by Crippen LogP contribution is -2.08. The van der Waals surface area contributed by atoms with Gasteiger partial charge in [-0.05, 0) is 35.7 Å². The second-order valence-corrected chi connectivity index (χ2v) is 4.26. The van der Waals surface area contributed by atoms with E-state index in [0.717, 1.165) is 0 Å². The van der Waals surface area contributed by atoms with Crippen LogP contribution >= 0.6 is 0 Å². The molecule has 0 aliphatic heterocycles. The summed E-state index contributed by atoms with van der Waals surface area (Å²) in [6, 6.07) is 17.1. The Morgan fingerprint density at radius 1 is 0.875 bits per heavy atom. The van der Waals surface area contributed by atoms with Gasteiger partial charge in [0.2, 0.25) is 0 Å². The fourth-order valence-electron chi connectivity index (χ4n) is 1.85. The van der Waals surface area contributed by atoms with Crippen LogP contribution in [0.25, 0.3) is 11.1 Å². The van der Waals surface area contributed by atoms with Gasteiger partial charge >= 0.3 is 0 Å². The summed E-state index contributed by atoms with van der Waals surface area (Å²) in [6.07, 6.45) is 0. The quantitative estimate of drug-likeness (QED) is 0.731. The lowest BCUT2D eigenvalue weighted by atomic mass is 10.0. The maximum atomic E-state index is 2.22. The van der Waals surface area contributed by atoms with Crippen molar-refractivity contribution in [2.75, 3.05) is 19.0 Å².